The van der Waals surface area contributed by atoms with Crippen molar-refractivity contribution in [1.82, 2.24) is 4.90 Å². The highest BCUT2D eigenvalue weighted by Crippen LogP contribution is 2.37. The Kier molecular flexibility index (Phi) is 7.16. The first-order valence-electron chi connectivity index (χ1n) is 8.72. The zero-order valence-corrected chi connectivity index (χ0v) is 19.6. The Morgan fingerprint density at radius 1 is 1.34 bits per heavy atom. The quantitative estimate of drug-likeness (QED) is 0.295. The summed E-state index contributed by atoms with van der Waals surface area (Å²) >= 11 is 8.74. The summed E-state index contributed by atoms with van der Waals surface area (Å²) in [6.45, 7) is 2.71. The summed E-state index contributed by atoms with van der Waals surface area (Å²) in [6, 6.07) is 13.2. The van der Waals surface area contributed by atoms with Crippen molar-refractivity contribution in [1.29, 1.82) is 5.26 Å². The molecule has 1 heterocycles. The van der Waals surface area contributed by atoms with Gasteiger partial charge >= 0.3 is 0 Å². The molecule has 3 rings (SSSR count). The highest BCUT2D eigenvalue weighted by Gasteiger charge is 2.30. The van der Waals surface area contributed by atoms with E-state index >= 15 is 0 Å². The second-order valence-electron chi connectivity index (χ2n) is 6.02. The number of nitrogens with zero attached hydrogens (tertiary/aromatic N) is 2. The Morgan fingerprint density at radius 3 is 2.76 bits per heavy atom. The minimum Gasteiger partial charge on any atom is -0.493 e. The van der Waals surface area contributed by atoms with E-state index in [0.717, 1.165) is 14.7 Å². The van der Waals surface area contributed by atoms with Gasteiger partial charge in [0.1, 0.15) is 10.9 Å². The summed E-state index contributed by atoms with van der Waals surface area (Å²) < 4.78 is 12.9. The smallest absolute Gasteiger partial charge is 0.266 e. The van der Waals surface area contributed by atoms with Crippen LogP contribution in [-0.2, 0) is 11.4 Å². The van der Waals surface area contributed by atoms with Gasteiger partial charge in [0.05, 0.1) is 27.2 Å². The summed E-state index contributed by atoms with van der Waals surface area (Å²) in [5, 5.41) is 9.24. The van der Waals surface area contributed by atoms with Crippen LogP contribution in [0.4, 0.5) is 0 Å². The van der Waals surface area contributed by atoms with Crippen LogP contribution < -0.4 is 9.47 Å². The van der Waals surface area contributed by atoms with Crippen molar-refractivity contribution in [3.05, 3.63) is 61.6 Å². The molecule has 29 heavy (non-hydrogen) atoms. The highest BCUT2D eigenvalue weighted by molar-refractivity contribution is 14.1. The Morgan fingerprint density at radius 2 is 2.10 bits per heavy atom. The molecule has 0 bridgehead atoms. The van der Waals surface area contributed by atoms with Gasteiger partial charge in [0.15, 0.2) is 11.5 Å². The van der Waals surface area contributed by atoms with Crippen LogP contribution in [-0.4, -0.2) is 28.8 Å². The summed E-state index contributed by atoms with van der Waals surface area (Å²) in [5.74, 6) is 1.08. The average molecular weight is 536 g/mol. The summed E-state index contributed by atoms with van der Waals surface area (Å²) in [7, 11) is 1.57. The van der Waals surface area contributed by atoms with Gasteiger partial charge in [0.25, 0.3) is 5.91 Å². The number of hydrogen-bond acceptors (Lipinski definition) is 6. The molecule has 0 aliphatic carbocycles. The van der Waals surface area contributed by atoms with E-state index < -0.39 is 0 Å². The molecule has 0 saturated carbocycles. The van der Waals surface area contributed by atoms with Crippen LogP contribution in [0.2, 0.25) is 0 Å². The van der Waals surface area contributed by atoms with Crippen molar-refractivity contribution in [3.8, 4) is 17.6 Å². The van der Waals surface area contributed by atoms with E-state index in [4.69, 9.17) is 21.7 Å². The zero-order valence-electron chi connectivity index (χ0n) is 15.8. The minimum atomic E-state index is -0.0788. The molecule has 8 heteroatoms. The molecule has 2 aromatic carbocycles. The first kappa shape index (κ1) is 21.6. The number of carbonyl (C=O) groups excluding carboxylic acids is 1. The third kappa shape index (κ3) is 4.74. The van der Waals surface area contributed by atoms with E-state index in [1.165, 1.54) is 11.8 Å². The molecule has 0 N–H and O–H groups in total. The van der Waals surface area contributed by atoms with Gasteiger partial charge in [-0.05, 0) is 59.4 Å². The van der Waals surface area contributed by atoms with Crippen molar-refractivity contribution in [2.45, 2.75) is 13.5 Å². The van der Waals surface area contributed by atoms with Crippen molar-refractivity contribution in [3.63, 3.8) is 0 Å². The Hall–Kier alpha value is -2.09. The number of carbonyl (C=O) groups is 1. The van der Waals surface area contributed by atoms with Crippen molar-refractivity contribution < 1.29 is 14.3 Å². The third-order valence-electron chi connectivity index (χ3n) is 4.25. The van der Waals surface area contributed by atoms with Crippen molar-refractivity contribution in [2.24, 2.45) is 0 Å². The summed E-state index contributed by atoms with van der Waals surface area (Å²) in [4.78, 5) is 14.6. The van der Waals surface area contributed by atoms with Crippen molar-refractivity contribution >= 4 is 62.9 Å². The molecule has 1 saturated heterocycles. The number of thioether (sulfide) groups is 1. The van der Waals surface area contributed by atoms with Gasteiger partial charge in [-0.1, -0.05) is 42.2 Å². The maximum absolute atomic E-state index is 12.4. The van der Waals surface area contributed by atoms with Gasteiger partial charge in [-0.15, -0.1) is 0 Å². The Bertz CT molecular complexity index is 1050. The molecule has 1 fully saturated rings. The monoisotopic (exact) mass is 536 g/mol. The number of hydrogen-bond donors (Lipinski definition) is 0. The molecular formula is C21H17IN2O3S2. The number of rotatable bonds is 6. The minimum absolute atomic E-state index is 0.0788. The normalized spacial score (nSPS) is 15.0. The predicted octanol–water partition coefficient (Wildman–Crippen LogP) is 4.97. The SMILES string of the molecule is CCN1C(=O)/C(=C\c2cc(I)c(OCc3ccccc3C#N)c(OC)c2)SC1=S. The molecule has 0 aromatic heterocycles. The molecule has 0 unspecified atom stereocenters. The van der Waals surface area contributed by atoms with E-state index in [9.17, 15) is 10.1 Å². The van der Waals surface area contributed by atoms with Crippen molar-refractivity contribution in [2.75, 3.05) is 13.7 Å². The lowest BCUT2D eigenvalue weighted by Gasteiger charge is -2.14. The number of methoxy groups -OCH3 is 1. The number of thiocarbonyl (C=S) groups is 1. The Balaban J connectivity index is 1.87. The highest BCUT2D eigenvalue weighted by atomic mass is 127. The lowest BCUT2D eigenvalue weighted by Crippen LogP contribution is -2.27. The number of benzene rings is 2. The molecule has 5 nitrogen and oxygen atoms in total. The molecule has 0 radical (unpaired) electrons. The van der Waals surface area contributed by atoms with Crippen LogP contribution in [0.15, 0.2) is 41.3 Å². The lowest BCUT2D eigenvalue weighted by atomic mass is 10.1. The molecule has 1 aliphatic heterocycles. The lowest BCUT2D eigenvalue weighted by molar-refractivity contribution is -0.121. The van der Waals surface area contributed by atoms with Crippen LogP contribution in [0.1, 0.15) is 23.6 Å². The van der Waals surface area contributed by atoms with Gasteiger partial charge in [-0.3, -0.25) is 9.69 Å². The van der Waals surface area contributed by atoms with Crippen LogP contribution >= 0.6 is 46.6 Å². The first-order chi connectivity index (χ1) is 14.0. The largest absolute Gasteiger partial charge is 0.493 e. The van der Waals surface area contributed by atoms with Gasteiger partial charge in [-0.2, -0.15) is 5.26 Å². The van der Waals surface area contributed by atoms with Gasteiger partial charge < -0.3 is 9.47 Å². The second-order valence-corrected chi connectivity index (χ2v) is 8.86. The van der Waals surface area contributed by atoms with E-state index in [1.807, 2.05) is 43.3 Å². The second kappa shape index (κ2) is 9.61. The number of halogens is 1. The molecule has 2 aromatic rings. The summed E-state index contributed by atoms with van der Waals surface area (Å²) in [6.07, 6.45) is 1.81. The number of nitriles is 1. The van der Waals surface area contributed by atoms with Crippen LogP contribution in [0.25, 0.3) is 6.08 Å². The van der Waals surface area contributed by atoms with Crippen LogP contribution in [0.3, 0.4) is 0 Å². The van der Waals surface area contributed by atoms with Crippen LogP contribution in [0, 0.1) is 14.9 Å². The van der Waals surface area contributed by atoms with E-state index in [0.29, 0.717) is 32.8 Å². The molecule has 1 amide bonds. The number of ether oxygens (including phenoxy) is 2. The molecule has 0 atom stereocenters. The average Bonchev–Trinajstić information content (AvgIpc) is 2.99. The molecule has 0 spiro atoms. The number of likely N-dealkylation sites (N-methyl/N-ethyl adjacent to an activating group) is 1. The molecule has 148 valence electrons. The fourth-order valence-electron chi connectivity index (χ4n) is 2.79. The fraction of sp³-hybridized carbons (Fsp3) is 0.190. The maximum atomic E-state index is 12.4. The predicted molar refractivity (Wildman–Crippen MR) is 127 cm³/mol. The topological polar surface area (TPSA) is 62.6 Å². The van der Waals surface area contributed by atoms with Gasteiger partial charge in [-0.25, -0.2) is 0 Å². The molecular weight excluding hydrogens is 519 g/mol. The third-order valence-corrected chi connectivity index (χ3v) is 6.43. The van der Waals surface area contributed by atoms with E-state index in [1.54, 1.807) is 18.1 Å². The standard InChI is InChI=1S/C21H17IN2O3S2/c1-3-24-20(25)18(29-21(24)28)10-13-8-16(22)19(17(9-13)26-2)27-12-15-7-5-4-6-14(15)11-23/h4-10H,3,12H2,1-2H3/b18-10+. The van der Waals surface area contributed by atoms with E-state index in [2.05, 4.69) is 28.7 Å². The molecule has 1 aliphatic rings. The Labute approximate surface area is 192 Å². The van der Waals surface area contributed by atoms with E-state index in [-0.39, 0.29) is 12.5 Å². The maximum Gasteiger partial charge on any atom is 0.266 e. The zero-order chi connectivity index (χ0) is 21.0. The van der Waals surface area contributed by atoms with Crippen LogP contribution in [0.5, 0.6) is 11.5 Å². The number of amides is 1. The van der Waals surface area contributed by atoms with Gasteiger partial charge in [0, 0.05) is 12.1 Å². The fourth-order valence-corrected chi connectivity index (χ4v) is 4.96. The first-order valence-corrected chi connectivity index (χ1v) is 11.0. The summed E-state index contributed by atoms with van der Waals surface area (Å²) in [5.41, 5.74) is 2.21. The van der Waals surface area contributed by atoms with Gasteiger partial charge in [0.2, 0.25) is 0 Å².